The first-order valence-corrected chi connectivity index (χ1v) is 10.6. The van der Waals surface area contributed by atoms with Crippen LogP contribution in [0.4, 0.5) is 5.69 Å². The number of carbonyl (C=O) groups excluding carboxylic acids is 2. The predicted molar refractivity (Wildman–Crippen MR) is 107 cm³/mol. The molecule has 154 valence electrons. The van der Waals surface area contributed by atoms with Gasteiger partial charge >= 0.3 is 5.97 Å². The van der Waals surface area contributed by atoms with E-state index in [1.807, 2.05) is 6.92 Å². The Morgan fingerprint density at radius 3 is 2.69 bits per heavy atom. The smallest absolute Gasteiger partial charge is 0.342 e. The number of fused-ring (bicyclic) bond motifs is 1. The SMILES string of the molecule is CCOc1ccc(NC(=O)[C@H](C)OC(=O)C2=CC=CN3CCS(=O)(=O)N=C23)cc1. The fraction of sp³-hybridized carbons (Fsp3) is 0.316. The molecular formula is C19H21N3O6S. The quantitative estimate of drug-likeness (QED) is 0.694. The van der Waals surface area contributed by atoms with Crippen molar-refractivity contribution in [3.8, 4) is 5.75 Å². The maximum atomic E-state index is 12.5. The molecule has 0 saturated carbocycles. The molecule has 1 amide bonds. The summed E-state index contributed by atoms with van der Waals surface area (Å²) in [6, 6.07) is 6.77. The van der Waals surface area contributed by atoms with Crippen LogP contribution in [0.5, 0.6) is 5.75 Å². The zero-order valence-electron chi connectivity index (χ0n) is 16.0. The molecule has 0 bridgehead atoms. The number of carbonyl (C=O) groups is 2. The van der Waals surface area contributed by atoms with Crippen molar-refractivity contribution in [3.63, 3.8) is 0 Å². The van der Waals surface area contributed by atoms with Gasteiger partial charge in [0.25, 0.3) is 15.9 Å². The maximum absolute atomic E-state index is 12.5. The van der Waals surface area contributed by atoms with Crippen LogP contribution in [0.2, 0.25) is 0 Å². The minimum atomic E-state index is -3.64. The van der Waals surface area contributed by atoms with Crippen molar-refractivity contribution in [2.24, 2.45) is 4.40 Å². The van der Waals surface area contributed by atoms with Gasteiger partial charge in [-0.25, -0.2) is 13.2 Å². The molecule has 0 unspecified atom stereocenters. The van der Waals surface area contributed by atoms with Gasteiger partial charge < -0.3 is 19.7 Å². The summed E-state index contributed by atoms with van der Waals surface area (Å²) in [5.74, 6) is -0.809. The van der Waals surface area contributed by atoms with Gasteiger partial charge in [-0.15, -0.1) is 4.40 Å². The molecule has 0 aromatic heterocycles. The van der Waals surface area contributed by atoms with Crippen molar-refractivity contribution < 1.29 is 27.5 Å². The Morgan fingerprint density at radius 1 is 1.28 bits per heavy atom. The monoisotopic (exact) mass is 419 g/mol. The third kappa shape index (κ3) is 5.02. The van der Waals surface area contributed by atoms with Crippen molar-refractivity contribution in [1.82, 2.24) is 4.90 Å². The second kappa shape index (κ2) is 8.48. The third-order valence-electron chi connectivity index (χ3n) is 4.16. The van der Waals surface area contributed by atoms with Crippen molar-refractivity contribution in [2.45, 2.75) is 20.0 Å². The standard InChI is InChI=1S/C19H21N3O6S/c1-3-27-15-8-6-14(7-9-15)20-18(23)13(2)28-19(24)16-5-4-10-22-11-12-29(25,26)21-17(16)22/h4-10,13H,3,11-12H2,1-2H3,(H,20,23)/t13-/m0/s1. The van der Waals surface area contributed by atoms with Gasteiger partial charge in [-0.05, 0) is 50.3 Å². The number of nitrogens with zero attached hydrogens (tertiary/aromatic N) is 2. The van der Waals surface area contributed by atoms with Gasteiger partial charge in [-0.1, -0.05) is 0 Å². The van der Waals surface area contributed by atoms with E-state index in [-0.39, 0.29) is 23.7 Å². The molecule has 1 aromatic rings. The van der Waals surface area contributed by atoms with Crippen LogP contribution in [0.15, 0.2) is 52.6 Å². The average Bonchev–Trinajstić information content (AvgIpc) is 2.68. The van der Waals surface area contributed by atoms with Crippen molar-refractivity contribution >= 4 is 33.4 Å². The minimum Gasteiger partial charge on any atom is -0.494 e. The fourth-order valence-corrected chi connectivity index (χ4v) is 3.68. The van der Waals surface area contributed by atoms with Gasteiger partial charge in [0.15, 0.2) is 11.9 Å². The van der Waals surface area contributed by atoms with Crippen LogP contribution in [0.1, 0.15) is 13.8 Å². The summed E-state index contributed by atoms with van der Waals surface area (Å²) in [4.78, 5) is 26.4. The number of amides is 1. The van der Waals surface area contributed by atoms with Gasteiger partial charge in [0.05, 0.1) is 12.4 Å². The third-order valence-corrected chi connectivity index (χ3v) is 5.31. The van der Waals surface area contributed by atoms with Gasteiger partial charge in [0, 0.05) is 18.4 Å². The average molecular weight is 419 g/mol. The van der Waals surface area contributed by atoms with Crippen LogP contribution < -0.4 is 10.1 Å². The predicted octanol–water partition coefficient (Wildman–Crippen LogP) is 1.45. The molecule has 1 atom stereocenters. The zero-order valence-corrected chi connectivity index (χ0v) is 16.8. The van der Waals surface area contributed by atoms with Crippen LogP contribution in [-0.2, 0) is 24.3 Å². The Labute approximate surface area is 168 Å². The normalized spacial score (nSPS) is 18.1. The summed E-state index contributed by atoms with van der Waals surface area (Å²) in [5, 5.41) is 2.65. The van der Waals surface area contributed by atoms with E-state index in [9.17, 15) is 18.0 Å². The van der Waals surface area contributed by atoms with E-state index in [1.165, 1.54) is 13.0 Å². The number of ether oxygens (including phenoxy) is 2. The Balaban J connectivity index is 1.65. The molecule has 1 N–H and O–H groups in total. The van der Waals surface area contributed by atoms with Crippen LogP contribution in [0.25, 0.3) is 0 Å². The molecule has 0 spiro atoms. The number of hydrogen-bond donors (Lipinski definition) is 1. The highest BCUT2D eigenvalue weighted by atomic mass is 32.2. The Kier molecular flexibility index (Phi) is 6.02. The van der Waals surface area contributed by atoms with E-state index >= 15 is 0 Å². The molecule has 0 fully saturated rings. The van der Waals surface area contributed by atoms with Crippen molar-refractivity contribution in [1.29, 1.82) is 0 Å². The molecule has 2 aliphatic heterocycles. The molecule has 0 aliphatic carbocycles. The topological polar surface area (TPSA) is 114 Å². The second-order valence-corrected chi connectivity index (χ2v) is 8.07. The highest BCUT2D eigenvalue weighted by molar-refractivity contribution is 7.90. The lowest BCUT2D eigenvalue weighted by molar-refractivity contribution is -0.148. The minimum absolute atomic E-state index is 0.00266. The molecule has 10 heteroatoms. The number of benzene rings is 1. The Bertz CT molecular complexity index is 995. The second-order valence-electron chi connectivity index (χ2n) is 6.31. The number of rotatable bonds is 6. The molecule has 0 radical (unpaired) electrons. The van der Waals surface area contributed by atoms with Crippen LogP contribution in [0.3, 0.4) is 0 Å². The molecular weight excluding hydrogens is 398 g/mol. The van der Waals surface area contributed by atoms with Gasteiger partial charge in [0.1, 0.15) is 11.3 Å². The van der Waals surface area contributed by atoms with Crippen LogP contribution in [-0.4, -0.2) is 56.0 Å². The summed E-state index contributed by atoms with van der Waals surface area (Å²) < 4.78 is 37.8. The lowest BCUT2D eigenvalue weighted by Crippen LogP contribution is -2.41. The van der Waals surface area contributed by atoms with E-state index in [1.54, 1.807) is 41.4 Å². The lowest BCUT2D eigenvalue weighted by atomic mass is 10.1. The molecule has 2 aliphatic rings. The Morgan fingerprint density at radius 2 is 2.00 bits per heavy atom. The van der Waals surface area contributed by atoms with E-state index in [2.05, 4.69) is 9.71 Å². The number of sulfonamides is 1. The Hall–Kier alpha value is -3.14. The number of esters is 1. The van der Waals surface area contributed by atoms with Gasteiger partial charge in [-0.3, -0.25) is 4.79 Å². The summed E-state index contributed by atoms with van der Waals surface area (Å²) in [6.45, 7) is 4.03. The van der Waals surface area contributed by atoms with Gasteiger partial charge in [0.2, 0.25) is 0 Å². The lowest BCUT2D eigenvalue weighted by Gasteiger charge is -2.28. The van der Waals surface area contributed by atoms with E-state index in [0.717, 1.165) is 0 Å². The molecule has 2 heterocycles. The molecule has 29 heavy (non-hydrogen) atoms. The van der Waals surface area contributed by atoms with Gasteiger partial charge in [-0.2, -0.15) is 0 Å². The highest BCUT2D eigenvalue weighted by Crippen LogP contribution is 2.20. The van der Waals surface area contributed by atoms with Crippen LogP contribution >= 0.6 is 0 Å². The summed E-state index contributed by atoms with van der Waals surface area (Å²) in [6.07, 6.45) is 3.54. The molecule has 1 aromatic carbocycles. The van der Waals surface area contributed by atoms with Crippen molar-refractivity contribution in [2.75, 3.05) is 24.2 Å². The first-order valence-electron chi connectivity index (χ1n) is 9.02. The molecule has 9 nitrogen and oxygen atoms in total. The maximum Gasteiger partial charge on any atom is 0.342 e. The van der Waals surface area contributed by atoms with E-state index in [0.29, 0.717) is 18.0 Å². The van der Waals surface area contributed by atoms with E-state index < -0.39 is 28.0 Å². The number of amidine groups is 1. The summed E-state index contributed by atoms with van der Waals surface area (Å²) in [5.41, 5.74) is 0.506. The first-order chi connectivity index (χ1) is 13.8. The molecule has 3 rings (SSSR count). The largest absolute Gasteiger partial charge is 0.494 e. The number of allylic oxidation sites excluding steroid dienone is 2. The summed E-state index contributed by atoms with van der Waals surface area (Å²) >= 11 is 0. The highest BCUT2D eigenvalue weighted by Gasteiger charge is 2.32. The number of nitrogens with one attached hydrogen (secondary N) is 1. The van der Waals surface area contributed by atoms with Crippen molar-refractivity contribution in [3.05, 3.63) is 48.2 Å². The fourth-order valence-electron chi connectivity index (χ4n) is 2.70. The zero-order chi connectivity index (χ0) is 21.0. The summed E-state index contributed by atoms with van der Waals surface area (Å²) in [7, 11) is -3.64. The molecule has 0 saturated heterocycles. The van der Waals surface area contributed by atoms with Crippen LogP contribution in [0, 0.1) is 0 Å². The number of hydrogen-bond acceptors (Lipinski definition) is 7. The number of anilines is 1. The van der Waals surface area contributed by atoms with E-state index in [4.69, 9.17) is 9.47 Å². The first kappa shape index (κ1) is 20.6.